The maximum absolute atomic E-state index is 10.8. The van der Waals surface area contributed by atoms with Crippen molar-refractivity contribution >= 4 is 11.9 Å². The molecule has 2 atom stereocenters. The number of benzene rings is 1. The highest BCUT2D eigenvalue weighted by Crippen LogP contribution is 2.48. The van der Waals surface area contributed by atoms with E-state index in [0.29, 0.717) is 6.04 Å². The molecule has 31 heavy (non-hydrogen) atoms. The van der Waals surface area contributed by atoms with Crippen LogP contribution in [0.4, 0.5) is 5.69 Å². The highest BCUT2D eigenvalue weighted by atomic mass is 16.3. The number of nitrogens with one attached hydrogen (secondary N) is 1. The van der Waals surface area contributed by atoms with E-state index in [1.807, 2.05) is 37.6 Å². The molecule has 1 aromatic rings. The highest BCUT2D eigenvalue weighted by molar-refractivity contribution is 5.66. The molecule has 7 heteroatoms. The maximum atomic E-state index is 10.8. The molecule has 7 nitrogen and oxygen atoms in total. The van der Waals surface area contributed by atoms with Crippen molar-refractivity contribution in [1.29, 1.82) is 0 Å². The van der Waals surface area contributed by atoms with Gasteiger partial charge in [-0.2, -0.15) is 0 Å². The SMILES string of the molecule is CN(C)C(O)N1CC2(CCN(C3CCN(C4C=NC=CN4)CC3)CC2)c2ccccc21. The number of anilines is 1. The second-order valence-electron chi connectivity index (χ2n) is 9.76. The number of likely N-dealkylation sites (tertiary alicyclic amines) is 2. The number of rotatable bonds is 4. The molecule has 4 aliphatic heterocycles. The number of nitrogens with zero attached hydrogens (tertiary/aromatic N) is 5. The summed E-state index contributed by atoms with van der Waals surface area (Å²) in [5, 5.41) is 14.2. The van der Waals surface area contributed by atoms with E-state index in [9.17, 15) is 5.11 Å². The minimum Gasteiger partial charge on any atom is -0.370 e. The van der Waals surface area contributed by atoms with Gasteiger partial charge in [-0.15, -0.1) is 0 Å². The van der Waals surface area contributed by atoms with Gasteiger partial charge in [-0.25, -0.2) is 0 Å². The van der Waals surface area contributed by atoms with Crippen LogP contribution >= 0.6 is 0 Å². The normalized spacial score (nSPS) is 27.6. The van der Waals surface area contributed by atoms with Gasteiger partial charge in [-0.3, -0.25) is 14.8 Å². The van der Waals surface area contributed by atoms with Gasteiger partial charge in [0, 0.05) is 55.4 Å². The van der Waals surface area contributed by atoms with E-state index in [0.717, 1.165) is 32.7 Å². The summed E-state index contributed by atoms with van der Waals surface area (Å²) in [6.45, 7) is 5.46. The van der Waals surface area contributed by atoms with Gasteiger partial charge < -0.3 is 20.2 Å². The number of fused-ring (bicyclic) bond motifs is 2. The lowest BCUT2D eigenvalue weighted by Crippen LogP contribution is -2.55. The third kappa shape index (κ3) is 3.89. The second-order valence-corrected chi connectivity index (χ2v) is 9.76. The van der Waals surface area contributed by atoms with Gasteiger partial charge in [0.1, 0.15) is 6.17 Å². The third-order valence-electron chi connectivity index (χ3n) is 7.82. The van der Waals surface area contributed by atoms with Crippen molar-refractivity contribution in [2.75, 3.05) is 51.7 Å². The molecule has 4 heterocycles. The summed E-state index contributed by atoms with van der Waals surface area (Å²) >= 11 is 0. The number of aliphatic imine (C=N–C) groups is 1. The van der Waals surface area contributed by atoms with Gasteiger partial charge in [-0.1, -0.05) is 18.2 Å². The topological polar surface area (TPSA) is 57.6 Å². The highest BCUT2D eigenvalue weighted by Gasteiger charge is 2.47. The molecule has 0 bridgehead atoms. The lowest BCUT2D eigenvalue weighted by Gasteiger charge is -2.46. The molecule has 1 aromatic carbocycles. The Morgan fingerprint density at radius 2 is 1.84 bits per heavy atom. The summed E-state index contributed by atoms with van der Waals surface area (Å²) in [4.78, 5) is 13.6. The van der Waals surface area contributed by atoms with Crippen LogP contribution in [0.3, 0.4) is 0 Å². The molecule has 2 fully saturated rings. The fourth-order valence-corrected chi connectivity index (χ4v) is 5.99. The first-order valence-corrected chi connectivity index (χ1v) is 11.7. The molecule has 2 unspecified atom stereocenters. The van der Waals surface area contributed by atoms with Crippen molar-refractivity contribution in [3.63, 3.8) is 0 Å². The predicted molar refractivity (Wildman–Crippen MR) is 125 cm³/mol. The molecule has 0 aromatic heterocycles. The molecule has 168 valence electrons. The Bertz CT molecular complexity index is 823. The van der Waals surface area contributed by atoms with Crippen molar-refractivity contribution in [2.45, 2.75) is 49.7 Å². The predicted octanol–water partition coefficient (Wildman–Crippen LogP) is 1.61. The zero-order valence-electron chi connectivity index (χ0n) is 18.8. The van der Waals surface area contributed by atoms with Crippen LogP contribution in [0.2, 0.25) is 0 Å². The van der Waals surface area contributed by atoms with Gasteiger partial charge >= 0.3 is 0 Å². The van der Waals surface area contributed by atoms with E-state index < -0.39 is 6.35 Å². The lowest BCUT2D eigenvalue weighted by atomic mass is 9.74. The van der Waals surface area contributed by atoms with Crippen LogP contribution in [0.5, 0.6) is 0 Å². The monoisotopic (exact) mass is 424 g/mol. The van der Waals surface area contributed by atoms with Crippen molar-refractivity contribution in [3.8, 4) is 0 Å². The molecule has 4 aliphatic rings. The van der Waals surface area contributed by atoms with E-state index in [1.54, 1.807) is 0 Å². The fourth-order valence-electron chi connectivity index (χ4n) is 5.99. The van der Waals surface area contributed by atoms with E-state index in [2.05, 4.69) is 49.3 Å². The molecule has 2 N–H and O–H groups in total. The standard InChI is InChI=1S/C24H36N6O/c1-27(2)23(31)30-18-24(20-5-3-4-6-21(20)30)9-15-28(16-10-24)19-7-13-29(14-8-19)22-17-25-11-12-26-22/h3-6,11-12,17,19,22-23,26,31H,7-10,13-16,18H2,1-2H3. The van der Waals surface area contributed by atoms with Crippen LogP contribution in [-0.4, -0.2) is 91.4 Å². The Labute approximate surface area is 186 Å². The summed E-state index contributed by atoms with van der Waals surface area (Å²) < 4.78 is 0. The van der Waals surface area contributed by atoms with Gasteiger partial charge in [0.2, 0.25) is 0 Å². The first-order valence-electron chi connectivity index (χ1n) is 11.7. The molecule has 0 radical (unpaired) electrons. The van der Waals surface area contributed by atoms with Crippen molar-refractivity contribution in [3.05, 3.63) is 42.2 Å². The van der Waals surface area contributed by atoms with Crippen molar-refractivity contribution < 1.29 is 5.11 Å². The minimum absolute atomic E-state index is 0.166. The molecule has 1 spiro atoms. The van der Waals surface area contributed by atoms with Crippen LogP contribution in [0.15, 0.2) is 41.7 Å². The number of piperidine rings is 2. The Hall–Kier alpha value is -1.93. The smallest absolute Gasteiger partial charge is 0.186 e. The maximum Gasteiger partial charge on any atom is 0.186 e. The lowest BCUT2D eigenvalue weighted by molar-refractivity contribution is 0.0303. The number of para-hydroxylation sites is 1. The fraction of sp³-hybridized carbons (Fsp3) is 0.625. The van der Waals surface area contributed by atoms with Gasteiger partial charge in [0.15, 0.2) is 6.35 Å². The first-order chi connectivity index (χ1) is 15.1. The Morgan fingerprint density at radius 3 is 2.52 bits per heavy atom. The average Bonchev–Trinajstić information content (AvgIpc) is 3.14. The molecule has 0 saturated carbocycles. The van der Waals surface area contributed by atoms with Crippen LogP contribution in [0.1, 0.15) is 31.2 Å². The van der Waals surface area contributed by atoms with Gasteiger partial charge in [0.05, 0.1) is 0 Å². The van der Waals surface area contributed by atoms with Crippen molar-refractivity contribution in [2.24, 2.45) is 4.99 Å². The zero-order valence-corrected chi connectivity index (χ0v) is 18.8. The zero-order chi connectivity index (χ0) is 21.4. The Morgan fingerprint density at radius 1 is 1.10 bits per heavy atom. The quantitative estimate of drug-likeness (QED) is 0.717. The van der Waals surface area contributed by atoms with Gasteiger partial charge in [-0.05, 0) is 64.5 Å². The second kappa shape index (κ2) is 8.54. The van der Waals surface area contributed by atoms with Crippen LogP contribution in [0.25, 0.3) is 0 Å². The van der Waals surface area contributed by atoms with Crippen molar-refractivity contribution in [1.82, 2.24) is 20.0 Å². The third-order valence-corrected chi connectivity index (χ3v) is 7.82. The number of hydrogen-bond donors (Lipinski definition) is 2. The van der Waals surface area contributed by atoms with E-state index in [1.165, 1.54) is 36.9 Å². The van der Waals surface area contributed by atoms with E-state index in [4.69, 9.17) is 0 Å². The summed E-state index contributed by atoms with van der Waals surface area (Å²) in [6.07, 6.45) is 10.2. The molecular formula is C24H36N6O. The Balaban J connectivity index is 1.22. The number of aliphatic hydroxyl groups excluding tert-OH is 1. The molecule has 0 aliphatic carbocycles. The van der Waals surface area contributed by atoms with Crippen LogP contribution < -0.4 is 10.2 Å². The molecule has 0 amide bonds. The average molecular weight is 425 g/mol. The van der Waals surface area contributed by atoms with Crippen LogP contribution in [0, 0.1) is 0 Å². The summed E-state index contributed by atoms with van der Waals surface area (Å²) in [5.41, 5.74) is 2.81. The minimum atomic E-state index is -0.574. The number of aliphatic hydroxyl groups is 1. The van der Waals surface area contributed by atoms with E-state index >= 15 is 0 Å². The molecule has 5 rings (SSSR count). The number of hydrogen-bond acceptors (Lipinski definition) is 7. The van der Waals surface area contributed by atoms with Crippen LogP contribution in [-0.2, 0) is 5.41 Å². The molecule has 2 saturated heterocycles. The van der Waals surface area contributed by atoms with Gasteiger partial charge in [0.25, 0.3) is 0 Å². The Kier molecular flexibility index (Phi) is 5.77. The summed E-state index contributed by atoms with van der Waals surface area (Å²) in [6, 6.07) is 9.41. The first kappa shape index (κ1) is 20.9. The molecular weight excluding hydrogens is 388 g/mol. The summed E-state index contributed by atoms with van der Waals surface area (Å²) in [7, 11) is 3.89. The van der Waals surface area contributed by atoms with E-state index in [-0.39, 0.29) is 11.6 Å². The largest absolute Gasteiger partial charge is 0.370 e. The summed E-state index contributed by atoms with van der Waals surface area (Å²) in [5.74, 6) is 0.